The molecule has 3 aromatic carbocycles. The van der Waals surface area contributed by atoms with Crippen LogP contribution in [0.4, 0.5) is 11.5 Å². The Kier molecular flexibility index (Phi) is 4.83. The molecule has 1 aliphatic heterocycles. The van der Waals surface area contributed by atoms with E-state index in [-0.39, 0.29) is 0 Å². The molecule has 0 spiro atoms. The topological polar surface area (TPSA) is 32.3 Å². The van der Waals surface area contributed by atoms with E-state index in [0.29, 0.717) is 6.04 Å². The molecule has 1 fully saturated rings. The van der Waals surface area contributed by atoms with Gasteiger partial charge in [0.25, 0.3) is 0 Å². The molecule has 1 aromatic heterocycles. The van der Waals surface area contributed by atoms with Gasteiger partial charge in [-0.1, -0.05) is 48.5 Å². The number of hydrogen-bond acceptors (Lipinski definition) is 4. The van der Waals surface area contributed by atoms with Crippen LogP contribution in [-0.2, 0) is 0 Å². The number of aryl methyl sites for hydroxylation is 1. The van der Waals surface area contributed by atoms with Gasteiger partial charge in [0.1, 0.15) is 5.82 Å². The number of benzene rings is 3. The van der Waals surface area contributed by atoms with Crippen LogP contribution in [0.5, 0.6) is 0 Å². The Hall–Kier alpha value is -3.40. The summed E-state index contributed by atoms with van der Waals surface area (Å²) in [5.41, 5.74) is 4.63. The number of anilines is 2. The quantitative estimate of drug-likeness (QED) is 0.471. The maximum Gasteiger partial charge on any atom is 0.147 e. The number of rotatable bonds is 3. The van der Waals surface area contributed by atoms with Gasteiger partial charge in [0.05, 0.1) is 18.1 Å². The third-order valence-electron chi connectivity index (χ3n) is 5.95. The summed E-state index contributed by atoms with van der Waals surface area (Å²) < 4.78 is 0. The molecule has 4 nitrogen and oxygen atoms in total. The molecule has 5 rings (SSSR count). The summed E-state index contributed by atoms with van der Waals surface area (Å²) >= 11 is 0. The monoisotopic (exact) mass is 394 g/mol. The number of nitrogens with zero attached hydrogens (tertiary/aromatic N) is 4. The fourth-order valence-corrected chi connectivity index (χ4v) is 4.35. The van der Waals surface area contributed by atoms with Gasteiger partial charge in [-0.2, -0.15) is 0 Å². The molecule has 0 saturated carbocycles. The zero-order valence-corrected chi connectivity index (χ0v) is 17.5. The number of piperazine rings is 1. The first-order chi connectivity index (χ1) is 14.7. The van der Waals surface area contributed by atoms with E-state index >= 15 is 0 Å². The molecule has 2 heterocycles. The van der Waals surface area contributed by atoms with Crippen molar-refractivity contribution in [1.29, 1.82) is 0 Å². The van der Waals surface area contributed by atoms with Gasteiger partial charge in [0, 0.05) is 36.9 Å². The summed E-state index contributed by atoms with van der Waals surface area (Å²) in [5, 5.41) is 2.47. The summed E-state index contributed by atoms with van der Waals surface area (Å²) in [6.07, 6.45) is 3.75. The highest BCUT2D eigenvalue weighted by Gasteiger charge is 2.25. The van der Waals surface area contributed by atoms with Gasteiger partial charge in [-0.15, -0.1) is 0 Å². The number of fused-ring (bicyclic) bond motifs is 1. The first-order valence-electron chi connectivity index (χ1n) is 10.6. The van der Waals surface area contributed by atoms with Gasteiger partial charge in [-0.05, 0) is 48.4 Å². The minimum atomic E-state index is 0.409. The second-order valence-corrected chi connectivity index (χ2v) is 8.15. The van der Waals surface area contributed by atoms with Gasteiger partial charge in [0.2, 0.25) is 0 Å². The van der Waals surface area contributed by atoms with Crippen molar-refractivity contribution in [3.05, 3.63) is 84.7 Å². The third-order valence-corrected chi connectivity index (χ3v) is 5.95. The molecule has 1 atom stereocenters. The average molecular weight is 395 g/mol. The second kappa shape index (κ2) is 7.79. The van der Waals surface area contributed by atoms with Crippen LogP contribution in [0.3, 0.4) is 0 Å². The Morgan fingerprint density at radius 3 is 2.57 bits per heavy atom. The Bertz CT molecular complexity index is 1190. The van der Waals surface area contributed by atoms with E-state index in [1.165, 1.54) is 22.0 Å². The maximum absolute atomic E-state index is 4.96. The van der Waals surface area contributed by atoms with Gasteiger partial charge in [-0.3, -0.25) is 4.98 Å². The Labute approximate surface area is 177 Å². The zero-order chi connectivity index (χ0) is 20.5. The second-order valence-electron chi connectivity index (χ2n) is 8.15. The summed E-state index contributed by atoms with van der Waals surface area (Å²) in [7, 11) is 0. The van der Waals surface area contributed by atoms with E-state index in [4.69, 9.17) is 4.98 Å². The Morgan fingerprint density at radius 2 is 1.73 bits per heavy atom. The van der Waals surface area contributed by atoms with E-state index < -0.39 is 0 Å². The van der Waals surface area contributed by atoms with Gasteiger partial charge < -0.3 is 9.80 Å². The normalized spacial score (nSPS) is 16.8. The lowest BCUT2D eigenvalue weighted by atomic mass is 10.1. The standard InChI is InChI=1S/C26H26N4/c1-19-6-5-9-24(14-19)30-13-12-29(18-20(30)2)26-17-27-16-25(28-26)23-11-10-21-7-3-4-8-22(21)15-23/h3-11,14-17,20H,12-13,18H2,1-2H3. The predicted octanol–water partition coefficient (Wildman–Crippen LogP) is 5.32. The lowest BCUT2D eigenvalue weighted by Gasteiger charge is -2.41. The van der Waals surface area contributed by atoms with Crippen molar-refractivity contribution in [3.8, 4) is 11.3 Å². The molecule has 1 unspecified atom stereocenters. The van der Waals surface area contributed by atoms with Crippen molar-refractivity contribution < 1.29 is 0 Å². The first-order valence-corrected chi connectivity index (χ1v) is 10.6. The molecule has 30 heavy (non-hydrogen) atoms. The third kappa shape index (κ3) is 3.61. The molecular weight excluding hydrogens is 368 g/mol. The summed E-state index contributed by atoms with van der Waals surface area (Å²) in [6.45, 7) is 7.29. The Balaban J connectivity index is 1.38. The smallest absolute Gasteiger partial charge is 0.147 e. The maximum atomic E-state index is 4.96. The molecule has 150 valence electrons. The highest BCUT2D eigenvalue weighted by atomic mass is 15.3. The van der Waals surface area contributed by atoms with Crippen molar-refractivity contribution >= 4 is 22.3 Å². The molecule has 0 N–H and O–H groups in total. The molecule has 1 aliphatic rings. The van der Waals surface area contributed by atoms with Crippen molar-refractivity contribution in [2.45, 2.75) is 19.9 Å². The fourth-order valence-electron chi connectivity index (χ4n) is 4.35. The molecular formula is C26H26N4. The van der Waals surface area contributed by atoms with Crippen LogP contribution in [-0.4, -0.2) is 35.6 Å². The van der Waals surface area contributed by atoms with Crippen molar-refractivity contribution in [2.75, 3.05) is 29.4 Å². The lowest BCUT2D eigenvalue weighted by molar-refractivity contribution is 0.547. The predicted molar refractivity (Wildman–Crippen MR) is 125 cm³/mol. The average Bonchev–Trinajstić information content (AvgIpc) is 2.79. The highest BCUT2D eigenvalue weighted by molar-refractivity contribution is 5.86. The molecule has 0 radical (unpaired) electrons. The van der Waals surface area contributed by atoms with Crippen molar-refractivity contribution in [2.24, 2.45) is 0 Å². The van der Waals surface area contributed by atoms with Crippen LogP contribution in [0.15, 0.2) is 79.1 Å². The largest absolute Gasteiger partial charge is 0.365 e. The summed E-state index contributed by atoms with van der Waals surface area (Å²) in [6, 6.07) is 24.1. The van der Waals surface area contributed by atoms with Crippen LogP contribution in [0.2, 0.25) is 0 Å². The van der Waals surface area contributed by atoms with Crippen LogP contribution < -0.4 is 9.80 Å². The first kappa shape index (κ1) is 18.6. The van der Waals surface area contributed by atoms with E-state index in [2.05, 4.69) is 95.4 Å². The zero-order valence-electron chi connectivity index (χ0n) is 17.5. The highest BCUT2D eigenvalue weighted by Crippen LogP contribution is 2.27. The number of hydrogen-bond donors (Lipinski definition) is 0. The van der Waals surface area contributed by atoms with Crippen LogP contribution >= 0.6 is 0 Å². The minimum absolute atomic E-state index is 0.409. The van der Waals surface area contributed by atoms with Crippen LogP contribution in [0.1, 0.15) is 12.5 Å². The lowest BCUT2D eigenvalue weighted by Crippen LogP contribution is -2.52. The van der Waals surface area contributed by atoms with E-state index in [0.717, 1.165) is 36.7 Å². The van der Waals surface area contributed by atoms with Crippen LogP contribution in [0.25, 0.3) is 22.0 Å². The Morgan fingerprint density at radius 1 is 0.867 bits per heavy atom. The van der Waals surface area contributed by atoms with Crippen LogP contribution in [0, 0.1) is 6.92 Å². The van der Waals surface area contributed by atoms with Crippen molar-refractivity contribution in [1.82, 2.24) is 9.97 Å². The SMILES string of the molecule is Cc1cccc(N2CCN(c3cncc(-c4ccc5ccccc5c4)n3)CC2C)c1. The molecule has 0 aliphatic carbocycles. The van der Waals surface area contributed by atoms with Gasteiger partial charge in [-0.25, -0.2) is 4.98 Å². The number of aromatic nitrogens is 2. The molecule has 4 heteroatoms. The van der Waals surface area contributed by atoms with Gasteiger partial charge >= 0.3 is 0 Å². The molecule has 4 aromatic rings. The fraction of sp³-hybridized carbons (Fsp3) is 0.231. The summed E-state index contributed by atoms with van der Waals surface area (Å²) in [5.74, 6) is 0.955. The summed E-state index contributed by atoms with van der Waals surface area (Å²) in [4.78, 5) is 14.3. The molecule has 0 bridgehead atoms. The van der Waals surface area contributed by atoms with E-state index in [1.807, 2.05) is 12.4 Å². The van der Waals surface area contributed by atoms with Gasteiger partial charge in [0.15, 0.2) is 0 Å². The molecule has 0 amide bonds. The minimum Gasteiger partial charge on any atom is -0.365 e. The van der Waals surface area contributed by atoms with E-state index in [9.17, 15) is 0 Å². The van der Waals surface area contributed by atoms with E-state index in [1.54, 1.807) is 0 Å². The van der Waals surface area contributed by atoms with Crippen molar-refractivity contribution in [3.63, 3.8) is 0 Å². The molecule has 1 saturated heterocycles.